The molecule has 0 aromatic heterocycles. The molecule has 5 rings (SSSR count). The molecule has 2 aromatic rings. The zero-order valence-electron chi connectivity index (χ0n) is 19.6. The molecule has 5 atom stereocenters. The Hall–Kier alpha value is -3.19. The number of phenolic OH excluding ortho intramolecular Hbond substituents is 4. The van der Waals surface area contributed by atoms with Crippen molar-refractivity contribution in [1.82, 2.24) is 9.80 Å². The molecule has 5 N–H and O–H groups in total. The van der Waals surface area contributed by atoms with E-state index in [-0.39, 0.29) is 46.9 Å². The lowest BCUT2D eigenvalue weighted by atomic mass is 9.71. The maximum Gasteiger partial charge on any atom is 0.164 e. The number of nitriles is 1. The predicted octanol–water partition coefficient (Wildman–Crippen LogP) is 1.90. The van der Waals surface area contributed by atoms with Crippen molar-refractivity contribution in [2.24, 2.45) is 0 Å². The van der Waals surface area contributed by atoms with Crippen molar-refractivity contribution in [3.63, 3.8) is 0 Å². The van der Waals surface area contributed by atoms with Gasteiger partial charge in [-0.05, 0) is 44.9 Å². The third kappa shape index (κ3) is 2.70. The Bertz CT molecular complexity index is 1240. The van der Waals surface area contributed by atoms with E-state index in [2.05, 4.69) is 11.0 Å². The lowest BCUT2D eigenvalue weighted by molar-refractivity contribution is -0.0826. The second-order valence-electron chi connectivity index (χ2n) is 9.58. The Balaban J connectivity index is 1.79. The monoisotopic (exact) mass is 467 g/mol. The molecule has 34 heavy (non-hydrogen) atoms. The highest BCUT2D eigenvalue weighted by Crippen LogP contribution is 2.56. The number of aliphatic hydroxyl groups excluding tert-OH is 1. The highest BCUT2D eigenvalue weighted by molar-refractivity contribution is 5.64. The molecule has 0 spiro atoms. The summed E-state index contributed by atoms with van der Waals surface area (Å²) in [6, 6.07) is 1.98. The van der Waals surface area contributed by atoms with Crippen LogP contribution < -0.4 is 4.74 Å². The maximum atomic E-state index is 11.2. The Kier molecular flexibility index (Phi) is 5.09. The van der Waals surface area contributed by atoms with Gasteiger partial charge in [0.1, 0.15) is 11.8 Å². The van der Waals surface area contributed by atoms with E-state index in [1.165, 1.54) is 14.0 Å². The number of hydrogen-bond donors (Lipinski definition) is 5. The lowest BCUT2D eigenvalue weighted by Crippen LogP contribution is -2.68. The van der Waals surface area contributed by atoms with Crippen LogP contribution in [0.15, 0.2) is 6.07 Å². The summed E-state index contributed by atoms with van der Waals surface area (Å²) in [6.45, 7) is 2.97. The summed E-state index contributed by atoms with van der Waals surface area (Å²) >= 11 is 0. The number of hydrogen-bond acceptors (Lipinski definition) is 9. The first kappa shape index (κ1) is 22.6. The number of phenols is 4. The van der Waals surface area contributed by atoms with Gasteiger partial charge in [-0.3, -0.25) is 9.80 Å². The quantitative estimate of drug-likeness (QED) is 0.331. The van der Waals surface area contributed by atoms with E-state index in [1.807, 2.05) is 24.9 Å². The molecular weight excluding hydrogens is 438 g/mol. The molecule has 9 heteroatoms. The molecule has 0 amide bonds. The molecule has 3 aliphatic heterocycles. The van der Waals surface area contributed by atoms with Gasteiger partial charge in [-0.1, -0.05) is 6.07 Å². The van der Waals surface area contributed by atoms with Crippen LogP contribution >= 0.6 is 0 Å². The van der Waals surface area contributed by atoms with Crippen LogP contribution in [0.2, 0.25) is 0 Å². The third-order valence-electron chi connectivity index (χ3n) is 8.10. The largest absolute Gasteiger partial charge is 0.507 e. The lowest BCUT2D eigenvalue weighted by Gasteiger charge is -2.59. The fourth-order valence-corrected chi connectivity index (χ4v) is 6.59. The van der Waals surface area contributed by atoms with Crippen LogP contribution in [0.5, 0.6) is 28.7 Å². The summed E-state index contributed by atoms with van der Waals surface area (Å²) in [6.07, 6.45) is 0.769. The second kappa shape index (κ2) is 7.67. The Morgan fingerprint density at radius 1 is 1.03 bits per heavy atom. The number of benzene rings is 2. The van der Waals surface area contributed by atoms with Crippen molar-refractivity contribution in [2.45, 2.75) is 56.9 Å². The number of nitrogens with zero attached hydrogens (tertiary/aromatic N) is 3. The van der Waals surface area contributed by atoms with E-state index in [4.69, 9.17) is 4.74 Å². The van der Waals surface area contributed by atoms with Crippen LogP contribution in [0.1, 0.15) is 45.5 Å². The fourth-order valence-electron chi connectivity index (χ4n) is 6.59. The van der Waals surface area contributed by atoms with E-state index in [0.717, 1.165) is 11.1 Å². The molecule has 1 saturated heterocycles. The van der Waals surface area contributed by atoms with E-state index in [0.29, 0.717) is 23.3 Å². The van der Waals surface area contributed by atoms with Gasteiger partial charge in [0.25, 0.3) is 0 Å². The zero-order valence-corrected chi connectivity index (χ0v) is 19.6. The van der Waals surface area contributed by atoms with Crippen molar-refractivity contribution in [3.05, 3.63) is 39.4 Å². The zero-order chi connectivity index (χ0) is 24.6. The maximum absolute atomic E-state index is 11.2. The average Bonchev–Trinajstić information content (AvgIpc) is 2.81. The minimum atomic E-state index is -0.814. The molecule has 0 aliphatic carbocycles. The Morgan fingerprint density at radius 2 is 1.74 bits per heavy atom. The van der Waals surface area contributed by atoms with Crippen molar-refractivity contribution in [3.8, 4) is 34.8 Å². The molecular formula is C25H29N3O6. The number of aromatic hydroxyl groups is 4. The highest BCUT2D eigenvalue weighted by atomic mass is 16.5. The first-order valence-corrected chi connectivity index (χ1v) is 11.3. The topological polar surface area (TPSA) is 141 Å². The summed E-state index contributed by atoms with van der Waals surface area (Å²) < 4.78 is 5.48. The molecule has 0 unspecified atom stereocenters. The molecule has 180 valence electrons. The number of ether oxygens (including phenoxy) is 1. The van der Waals surface area contributed by atoms with Gasteiger partial charge in [0.05, 0.1) is 31.9 Å². The Morgan fingerprint density at radius 3 is 2.35 bits per heavy atom. The van der Waals surface area contributed by atoms with Crippen molar-refractivity contribution in [2.75, 3.05) is 20.8 Å². The molecule has 1 fully saturated rings. The number of likely N-dealkylation sites (N-methyl/N-ethyl adjacent to an activating group) is 1. The minimum Gasteiger partial charge on any atom is -0.507 e. The van der Waals surface area contributed by atoms with E-state index in [1.54, 1.807) is 0 Å². The number of aliphatic hydroxyl groups is 1. The summed E-state index contributed by atoms with van der Waals surface area (Å²) in [7, 11) is 3.44. The highest BCUT2D eigenvalue weighted by Gasteiger charge is 2.56. The van der Waals surface area contributed by atoms with Crippen molar-refractivity contribution in [1.29, 1.82) is 5.26 Å². The van der Waals surface area contributed by atoms with Crippen LogP contribution in [0.4, 0.5) is 0 Å². The van der Waals surface area contributed by atoms with E-state index < -0.39 is 30.5 Å². The molecule has 2 bridgehead atoms. The number of methoxy groups -OCH3 is 1. The molecule has 9 nitrogen and oxygen atoms in total. The third-order valence-corrected chi connectivity index (χ3v) is 8.10. The molecule has 0 saturated carbocycles. The summed E-state index contributed by atoms with van der Waals surface area (Å²) in [5, 5.41) is 64.1. The standard InChI is InChI=1S/C25H29N3O6/c1-10-5-12-6-14-16(8-26)28-15(20(27(14)3)18(12)24(33)25(10)34-4)7-13-19(17(28)9-29)23(32)22(31)11(2)21(13)30/h5,14-17,20,29-33H,6-7,9H2,1-4H3/t14-,15+,16+,17+,20-/m1/s1. The first-order chi connectivity index (χ1) is 16.2. The van der Waals surface area contributed by atoms with Gasteiger partial charge in [0.15, 0.2) is 23.0 Å². The first-order valence-electron chi connectivity index (χ1n) is 11.3. The fraction of sp³-hybridized carbons (Fsp3) is 0.480. The van der Waals surface area contributed by atoms with Gasteiger partial charge in [0, 0.05) is 34.3 Å². The predicted molar refractivity (Wildman–Crippen MR) is 122 cm³/mol. The molecule has 3 aliphatic rings. The number of rotatable bonds is 2. The summed E-state index contributed by atoms with van der Waals surface area (Å²) in [4.78, 5) is 3.98. The SMILES string of the molecule is COc1c(C)cc2c(c1O)[C@H]1[C@@H]3Cc4c(O)c(C)c(O)c(O)c4[C@H](CO)N3[C@@H](C#N)[C@@H](C2)N1C. The van der Waals surface area contributed by atoms with Crippen LogP contribution in [-0.4, -0.2) is 74.2 Å². The van der Waals surface area contributed by atoms with Gasteiger partial charge < -0.3 is 30.3 Å². The van der Waals surface area contributed by atoms with E-state index >= 15 is 0 Å². The number of fused-ring (bicyclic) bond motifs is 7. The van der Waals surface area contributed by atoms with E-state index in [9.17, 15) is 30.8 Å². The second-order valence-corrected chi connectivity index (χ2v) is 9.58. The van der Waals surface area contributed by atoms with Gasteiger partial charge >= 0.3 is 0 Å². The molecule has 0 radical (unpaired) electrons. The average molecular weight is 468 g/mol. The van der Waals surface area contributed by atoms with Crippen molar-refractivity contribution < 1.29 is 30.3 Å². The smallest absolute Gasteiger partial charge is 0.164 e. The molecule has 2 aromatic carbocycles. The Labute approximate surface area is 197 Å². The van der Waals surface area contributed by atoms with Gasteiger partial charge in [0.2, 0.25) is 0 Å². The normalized spacial score (nSPS) is 27.9. The van der Waals surface area contributed by atoms with Crippen LogP contribution in [-0.2, 0) is 12.8 Å². The van der Waals surface area contributed by atoms with Crippen molar-refractivity contribution >= 4 is 0 Å². The minimum absolute atomic E-state index is 0.0588. The van der Waals surface area contributed by atoms with Crippen LogP contribution in [0, 0.1) is 25.2 Å². The van der Waals surface area contributed by atoms with Gasteiger partial charge in [-0.25, -0.2) is 0 Å². The summed E-state index contributed by atoms with van der Waals surface area (Å²) in [5.74, 6) is -0.495. The van der Waals surface area contributed by atoms with Crippen LogP contribution in [0.25, 0.3) is 0 Å². The molecule has 3 heterocycles. The number of aryl methyl sites for hydroxylation is 1. The van der Waals surface area contributed by atoms with Gasteiger partial charge in [-0.15, -0.1) is 0 Å². The van der Waals surface area contributed by atoms with Gasteiger partial charge in [-0.2, -0.15) is 5.26 Å². The summed E-state index contributed by atoms with van der Waals surface area (Å²) in [5.41, 5.74) is 3.30. The number of piperazine rings is 1. The van der Waals surface area contributed by atoms with Crippen LogP contribution in [0.3, 0.4) is 0 Å².